The number of hydrogen-bond acceptors (Lipinski definition) is 5. The van der Waals surface area contributed by atoms with E-state index in [1.54, 1.807) is 24.3 Å². The monoisotopic (exact) mass is 301 g/mol. The minimum absolute atomic E-state index is 0. The first kappa shape index (κ1) is 16.6. The van der Waals surface area contributed by atoms with E-state index < -0.39 is 11.8 Å². The molecule has 0 atom stereocenters. The van der Waals surface area contributed by atoms with Crippen LogP contribution < -0.4 is 40.0 Å². The zero-order chi connectivity index (χ0) is 13.8. The molecule has 0 aliphatic rings. The van der Waals surface area contributed by atoms with Crippen molar-refractivity contribution in [3.8, 4) is 5.88 Å². The Labute approximate surface area is 141 Å². The number of benzene rings is 1. The van der Waals surface area contributed by atoms with Crippen LogP contribution in [0.3, 0.4) is 0 Å². The standard InChI is InChI=1S/C11H10ClN5O2.Na/c1-13-10(18)9-11(19)17(16-15-9)14-6-7-2-4-8(12)5-3-7;/h2-6,19H,1H3,(H,13,18);/q;+1/p-1/b14-6+;. The third kappa shape index (κ3) is 3.80. The average Bonchev–Trinajstić information content (AvgIpc) is 2.79. The summed E-state index contributed by atoms with van der Waals surface area (Å²) in [5.74, 6) is -1.28. The van der Waals surface area contributed by atoms with Crippen molar-refractivity contribution in [3.05, 3.63) is 40.5 Å². The van der Waals surface area contributed by atoms with Crippen LogP contribution in [0.5, 0.6) is 5.88 Å². The van der Waals surface area contributed by atoms with Crippen LogP contribution in [0.15, 0.2) is 29.4 Å². The third-order valence-corrected chi connectivity index (χ3v) is 2.49. The molecule has 7 nitrogen and oxygen atoms in total. The van der Waals surface area contributed by atoms with Crippen LogP contribution in [0.1, 0.15) is 16.1 Å². The van der Waals surface area contributed by atoms with Gasteiger partial charge in [-0.1, -0.05) is 23.7 Å². The van der Waals surface area contributed by atoms with Gasteiger partial charge in [-0.2, -0.15) is 5.10 Å². The zero-order valence-electron chi connectivity index (χ0n) is 10.9. The van der Waals surface area contributed by atoms with Crippen molar-refractivity contribution < 1.29 is 39.5 Å². The van der Waals surface area contributed by atoms with Gasteiger partial charge in [0.1, 0.15) is 0 Å². The van der Waals surface area contributed by atoms with Crippen LogP contribution in [-0.2, 0) is 0 Å². The first-order valence-electron chi connectivity index (χ1n) is 5.26. The summed E-state index contributed by atoms with van der Waals surface area (Å²) in [5, 5.41) is 25.4. The Morgan fingerprint density at radius 3 is 2.70 bits per heavy atom. The molecular weight excluding hydrogens is 293 g/mol. The maximum Gasteiger partial charge on any atom is 1.00 e. The quantitative estimate of drug-likeness (QED) is 0.491. The van der Waals surface area contributed by atoms with Crippen LogP contribution in [0.4, 0.5) is 0 Å². The number of nitrogens with zero attached hydrogens (tertiary/aromatic N) is 4. The second-order valence-corrected chi connectivity index (χ2v) is 3.94. The first-order valence-corrected chi connectivity index (χ1v) is 5.64. The molecule has 2 rings (SSSR count). The molecule has 20 heavy (non-hydrogen) atoms. The van der Waals surface area contributed by atoms with Crippen molar-refractivity contribution in [2.75, 3.05) is 7.05 Å². The molecule has 0 unspecified atom stereocenters. The molecule has 0 aliphatic carbocycles. The Balaban J connectivity index is 0.00000200. The van der Waals surface area contributed by atoms with Crippen molar-refractivity contribution in [2.24, 2.45) is 5.10 Å². The molecule has 98 valence electrons. The van der Waals surface area contributed by atoms with Crippen molar-refractivity contribution >= 4 is 23.7 Å². The molecular formula is C11H9ClN5NaO2. The van der Waals surface area contributed by atoms with Crippen LogP contribution in [0, 0.1) is 0 Å². The summed E-state index contributed by atoms with van der Waals surface area (Å²) in [6.45, 7) is 0. The van der Waals surface area contributed by atoms with Crippen LogP contribution in [-0.4, -0.2) is 34.3 Å². The summed E-state index contributed by atoms with van der Waals surface area (Å²) < 4.78 is 0. The van der Waals surface area contributed by atoms with Gasteiger partial charge in [-0.05, 0) is 22.9 Å². The maximum atomic E-state index is 11.7. The Morgan fingerprint density at radius 2 is 2.10 bits per heavy atom. The van der Waals surface area contributed by atoms with E-state index in [1.165, 1.54) is 13.3 Å². The summed E-state index contributed by atoms with van der Waals surface area (Å²) in [4.78, 5) is 12.0. The fourth-order valence-corrected chi connectivity index (χ4v) is 1.40. The molecule has 9 heteroatoms. The number of amides is 1. The number of carbonyl (C=O) groups is 1. The van der Waals surface area contributed by atoms with Gasteiger partial charge in [-0.3, -0.25) is 4.79 Å². The van der Waals surface area contributed by atoms with Crippen LogP contribution in [0.25, 0.3) is 0 Å². The molecule has 1 aromatic carbocycles. The normalized spacial score (nSPS) is 10.3. The predicted octanol–water partition coefficient (Wildman–Crippen LogP) is -2.75. The number of rotatable bonds is 3. The van der Waals surface area contributed by atoms with Gasteiger partial charge in [0.05, 0.1) is 6.21 Å². The van der Waals surface area contributed by atoms with Crippen LogP contribution in [0.2, 0.25) is 5.02 Å². The van der Waals surface area contributed by atoms with E-state index in [4.69, 9.17) is 11.6 Å². The van der Waals surface area contributed by atoms with Gasteiger partial charge >= 0.3 is 29.6 Å². The van der Waals surface area contributed by atoms with E-state index in [0.29, 0.717) is 5.02 Å². The van der Waals surface area contributed by atoms with Crippen molar-refractivity contribution in [1.82, 2.24) is 20.4 Å². The van der Waals surface area contributed by atoms with Crippen LogP contribution >= 0.6 is 11.6 Å². The topological polar surface area (TPSA) is 95.2 Å². The van der Waals surface area contributed by atoms with E-state index in [-0.39, 0.29) is 35.3 Å². The molecule has 0 saturated heterocycles. The number of halogens is 1. The number of aromatic nitrogens is 3. The number of hydrogen-bond donors (Lipinski definition) is 1. The summed E-state index contributed by atoms with van der Waals surface area (Å²) in [7, 11) is 1.40. The summed E-state index contributed by atoms with van der Waals surface area (Å²) in [6, 6.07) is 6.84. The fourth-order valence-electron chi connectivity index (χ4n) is 1.27. The van der Waals surface area contributed by atoms with E-state index in [9.17, 15) is 9.90 Å². The molecule has 0 fully saturated rings. The third-order valence-electron chi connectivity index (χ3n) is 2.24. The molecule has 2 aromatic rings. The fraction of sp³-hybridized carbons (Fsp3) is 0.0909. The Bertz CT molecular complexity index is 626. The van der Waals surface area contributed by atoms with E-state index in [2.05, 4.69) is 20.7 Å². The van der Waals surface area contributed by atoms with Crippen molar-refractivity contribution in [3.63, 3.8) is 0 Å². The van der Waals surface area contributed by atoms with Gasteiger partial charge in [-0.15, -0.1) is 9.89 Å². The van der Waals surface area contributed by atoms with Gasteiger partial charge in [-0.25, -0.2) is 0 Å². The van der Waals surface area contributed by atoms with E-state index >= 15 is 0 Å². The summed E-state index contributed by atoms with van der Waals surface area (Å²) in [6.07, 6.45) is 1.42. The minimum Gasteiger partial charge on any atom is -0.856 e. The summed E-state index contributed by atoms with van der Waals surface area (Å²) >= 11 is 5.74. The average molecular weight is 302 g/mol. The summed E-state index contributed by atoms with van der Waals surface area (Å²) in [5.41, 5.74) is 0.441. The molecule has 0 radical (unpaired) electrons. The molecule has 0 aliphatic heterocycles. The number of nitrogens with one attached hydrogen (secondary N) is 1. The molecule has 0 saturated carbocycles. The van der Waals surface area contributed by atoms with E-state index in [0.717, 1.165) is 10.4 Å². The minimum atomic E-state index is -0.676. The zero-order valence-corrected chi connectivity index (χ0v) is 13.6. The Hall–Kier alpha value is -1.41. The molecule has 0 bridgehead atoms. The maximum absolute atomic E-state index is 11.7. The molecule has 1 aromatic heterocycles. The van der Waals surface area contributed by atoms with Gasteiger partial charge in [0.25, 0.3) is 5.91 Å². The second kappa shape index (κ2) is 7.39. The Kier molecular flexibility index (Phi) is 6.15. The molecule has 0 spiro atoms. The molecule has 1 amide bonds. The van der Waals surface area contributed by atoms with Gasteiger partial charge in [0.2, 0.25) is 0 Å². The predicted molar refractivity (Wildman–Crippen MR) is 67.3 cm³/mol. The van der Waals surface area contributed by atoms with E-state index in [1.807, 2.05) is 0 Å². The number of carbonyl (C=O) groups excluding carboxylic acids is 1. The smallest absolute Gasteiger partial charge is 0.856 e. The molecule has 1 N–H and O–H groups in total. The first-order chi connectivity index (χ1) is 9.11. The molecule has 1 heterocycles. The van der Waals surface area contributed by atoms with Gasteiger partial charge in [0, 0.05) is 18.0 Å². The van der Waals surface area contributed by atoms with Crippen molar-refractivity contribution in [1.29, 1.82) is 0 Å². The van der Waals surface area contributed by atoms with Gasteiger partial charge < -0.3 is 10.4 Å². The SMILES string of the molecule is CNC(=O)c1nnn(/N=C/c2ccc(Cl)cc2)c1[O-].[Na+]. The Morgan fingerprint density at radius 1 is 1.45 bits per heavy atom. The largest absolute Gasteiger partial charge is 1.00 e. The second-order valence-electron chi connectivity index (χ2n) is 3.51. The van der Waals surface area contributed by atoms with Gasteiger partial charge in [0.15, 0.2) is 5.69 Å². The van der Waals surface area contributed by atoms with Crippen molar-refractivity contribution in [2.45, 2.75) is 0 Å².